The Hall–Kier alpha value is -1.87. The van der Waals surface area contributed by atoms with E-state index < -0.39 is 10.8 Å². The molecule has 92 valence electrons. The lowest BCUT2D eigenvalue weighted by Gasteiger charge is -1.99. The number of hydrogen-bond acceptors (Lipinski definition) is 2. The highest BCUT2D eigenvalue weighted by atomic mass is 32.2. The molecule has 2 aromatic rings. The van der Waals surface area contributed by atoms with E-state index in [1.807, 2.05) is 60.7 Å². The van der Waals surface area contributed by atoms with Gasteiger partial charge in [0, 0.05) is 10.3 Å². The molecule has 0 saturated heterocycles. The van der Waals surface area contributed by atoms with Crippen LogP contribution in [0, 0.1) is 0 Å². The molecule has 1 unspecified atom stereocenters. The Morgan fingerprint density at radius 1 is 1.00 bits per heavy atom. The van der Waals surface area contributed by atoms with Gasteiger partial charge in [0.15, 0.2) is 0 Å². The highest BCUT2D eigenvalue weighted by molar-refractivity contribution is 7.88. The molecule has 0 fully saturated rings. The molecule has 0 saturated carbocycles. The van der Waals surface area contributed by atoms with Crippen molar-refractivity contribution < 1.29 is 8.95 Å². The van der Waals surface area contributed by atoms with Crippen molar-refractivity contribution in [1.82, 2.24) is 0 Å². The third-order valence-corrected chi connectivity index (χ3v) is 3.60. The van der Waals surface area contributed by atoms with Crippen LogP contribution in [0.1, 0.15) is 5.56 Å². The van der Waals surface area contributed by atoms with E-state index in [9.17, 15) is 4.21 Å². The van der Waals surface area contributed by atoms with Crippen LogP contribution in [0.25, 0.3) is 6.08 Å². The third-order valence-electron chi connectivity index (χ3n) is 2.48. The van der Waals surface area contributed by atoms with Crippen LogP contribution in [-0.4, -0.2) is 11.3 Å². The fraction of sp³-hybridized carbons (Fsp3) is 0.0667. The van der Waals surface area contributed by atoms with Crippen molar-refractivity contribution in [2.75, 3.05) is 7.11 Å². The average molecular weight is 258 g/mol. The van der Waals surface area contributed by atoms with E-state index in [1.54, 1.807) is 12.5 Å². The largest absolute Gasteiger partial charge is 0.497 e. The summed E-state index contributed by atoms with van der Waals surface area (Å²) in [6, 6.07) is 17.0. The molecule has 0 aliphatic heterocycles. The van der Waals surface area contributed by atoms with Gasteiger partial charge in [-0.15, -0.1) is 0 Å². The number of benzene rings is 2. The Morgan fingerprint density at radius 2 is 1.67 bits per heavy atom. The van der Waals surface area contributed by atoms with Crippen LogP contribution in [0.4, 0.5) is 0 Å². The van der Waals surface area contributed by atoms with Crippen LogP contribution < -0.4 is 4.74 Å². The second kappa shape index (κ2) is 6.17. The molecule has 0 amide bonds. The van der Waals surface area contributed by atoms with Gasteiger partial charge in [0.2, 0.25) is 0 Å². The summed E-state index contributed by atoms with van der Waals surface area (Å²) in [6.45, 7) is 0. The summed E-state index contributed by atoms with van der Waals surface area (Å²) in [6.07, 6.45) is 1.85. The Balaban J connectivity index is 2.08. The van der Waals surface area contributed by atoms with E-state index in [2.05, 4.69) is 0 Å². The molecule has 0 bridgehead atoms. The first-order valence-corrected chi connectivity index (χ1v) is 6.79. The third kappa shape index (κ3) is 3.31. The zero-order chi connectivity index (χ0) is 12.8. The summed E-state index contributed by atoms with van der Waals surface area (Å²) in [5, 5.41) is 1.69. The highest BCUT2D eigenvalue weighted by Crippen LogP contribution is 2.14. The Morgan fingerprint density at radius 3 is 2.28 bits per heavy atom. The van der Waals surface area contributed by atoms with Crippen molar-refractivity contribution in [3.8, 4) is 5.75 Å². The number of hydrogen-bond donors (Lipinski definition) is 0. The van der Waals surface area contributed by atoms with Crippen molar-refractivity contribution in [2.45, 2.75) is 4.90 Å². The molecule has 0 spiro atoms. The molecular formula is C15H14O2S. The predicted octanol–water partition coefficient (Wildman–Crippen LogP) is 3.47. The molecule has 0 aliphatic carbocycles. The lowest BCUT2D eigenvalue weighted by atomic mass is 10.2. The van der Waals surface area contributed by atoms with E-state index in [0.29, 0.717) is 0 Å². The quantitative estimate of drug-likeness (QED) is 0.839. The molecule has 0 aromatic heterocycles. The Bertz CT molecular complexity index is 544. The molecule has 0 aliphatic rings. The SMILES string of the molecule is COc1ccc(C=CS(=O)c2ccccc2)cc1. The minimum absolute atomic E-state index is 0.808. The van der Waals surface area contributed by atoms with Crippen LogP contribution in [0.5, 0.6) is 5.75 Å². The summed E-state index contributed by atoms with van der Waals surface area (Å²) in [5.41, 5.74) is 1.00. The maximum atomic E-state index is 11.9. The second-order valence-electron chi connectivity index (χ2n) is 3.69. The summed E-state index contributed by atoms with van der Waals surface area (Å²) >= 11 is 0. The topological polar surface area (TPSA) is 26.3 Å². The summed E-state index contributed by atoms with van der Waals surface area (Å²) in [5.74, 6) is 0.816. The summed E-state index contributed by atoms with van der Waals surface area (Å²) in [4.78, 5) is 0.808. The Kier molecular flexibility index (Phi) is 4.31. The van der Waals surface area contributed by atoms with Crippen molar-refractivity contribution in [3.63, 3.8) is 0 Å². The van der Waals surface area contributed by atoms with Gasteiger partial charge in [-0.1, -0.05) is 30.3 Å². The monoisotopic (exact) mass is 258 g/mol. The minimum Gasteiger partial charge on any atom is -0.497 e. The van der Waals surface area contributed by atoms with Crippen molar-refractivity contribution in [2.24, 2.45) is 0 Å². The van der Waals surface area contributed by atoms with E-state index in [0.717, 1.165) is 16.2 Å². The lowest BCUT2D eigenvalue weighted by molar-refractivity contribution is 0.415. The minimum atomic E-state index is -1.10. The molecule has 0 N–H and O–H groups in total. The molecule has 0 radical (unpaired) electrons. The first-order valence-electron chi connectivity index (χ1n) is 5.57. The van der Waals surface area contributed by atoms with Gasteiger partial charge < -0.3 is 4.74 Å². The van der Waals surface area contributed by atoms with E-state index in [4.69, 9.17) is 4.74 Å². The number of rotatable bonds is 4. The Labute approximate surface area is 109 Å². The van der Waals surface area contributed by atoms with Gasteiger partial charge in [0.05, 0.1) is 17.9 Å². The van der Waals surface area contributed by atoms with Gasteiger partial charge in [-0.05, 0) is 35.9 Å². The zero-order valence-corrected chi connectivity index (χ0v) is 10.9. The maximum absolute atomic E-state index is 11.9. The van der Waals surface area contributed by atoms with Crippen LogP contribution in [0.3, 0.4) is 0 Å². The molecule has 3 heteroatoms. The predicted molar refractivity (Wildman–Crippen MR) is 74.9 cm³/mol. The van der Waals surface area contributed by atoms with Gasteiger partial charge in [-0.25, -0.2) is 4.21 Å². The fourth-order valence-electron chi connectivity index (χ4n) is 1.49. The van der Waals surface area contributed by atoms with Gasteiger partial charge >= 0.3 is 0 Å². The number of methoxy groups -OCH3 is 1. The summed E-state index contributed by atoms with van der Waals surface area (Å²) in [7, 11) is 0.531. The molecule has 1 atom stereocenters. The van der Waals surface area contributed by atoms with Gasteiger partial charge in [-0.2, -0.15) is 0 Å². The molecule has 2 nitrogen and oxygen atoms in total. The van der Waals surface area contributed by atoms with Crippen molar-refractivity contribution in [1.29, 1.82) is 0 Å². The van der Waals surface area contributed by atoms with E-state index >= 15 is 0 Å². The van der Waals surface area contributed by atoms with Gasteiger partial charge in [0.25, 0.3) is 0 Å². The van der Waals surface area contributed by atoms with Crippen LogP contribution >= 0.6 is 0 Å². The summed E-state index contributed by atoms with van der Waals surface area (Å²) < 4.78 is 17.0. The van der Waals surface area contributed by atoms with E-state index in [-0.39, 0.29) is 0 Å². The molecule has 2 aromatic carbocycles. The number of ether oxygens (including phenoxy) is 1. The van der Waals surface area contributed by atoms with Crippen LogP contribution in [0.15, 0.2) is 64.9 Å². The van der Waals surface area contributed by atoms with Crippen molar-refractivity contribution in [3.05, 3.63) is 65.6 Å². The fourth-order valence-corrected chi connectivity index (χ4v) is 2.35. The van der Waals surface area contributed by atoms with Crippen LogP contribution in [0.2, 0.25) is 0 Å². The smallest absolute Gasteiger partial charge is 0.118 e. The maximum Gasteiger partial charge on any atom is 0.118 e. The second-order valence-corrected chi connectivity index (χ2v) is 5.02. The molecule has 2 rings (SSSR count). The molecular weight excluding hydrogens is 244 g/mol. The normalized spacial score (nSPS) is 12.5. The van der Waals surface area contributed by atoms with Crippen molar-refractivity contribution >= 4 is 16.9 Å². The van der Waals surface area contributed by atoms with Crippen LogP contribution in [-0.2, 0) is 10.8 Å². The first-order chi connectivity index (χ1) is 8.79. The average Bonchev–Trinajstić information content (AvgIpc) is 2.46. The lowest BCUT2D eigenvalue weighted by Crippen LogP contribution is -1.85. The van der Waals surface area contributed by atoms with E-state index in [1.165, 1.54) is 0 Å². The molecule has 18 heavy (non-hydrogen) atoms. The first kappa shape index (κ1) is 12.6. The standard InChI is InChI=1S/C15H14O2S/c1-17-14-9-7-13(8-10-14)11-12-18(16)15-5-3-2-4-6-15/h2-12H,1H3. The highest BCUT2D eigenvalue weighted by Gasteiger charge is 1.97. The zero-order valence-electron chi connectivity index (χ0n) is 10.1. The molecule has 0 heterocycles. The van der Waals surface area contributed by atoms with Gasteiger partial charge in [-0.3, -0.25) is 0 Å². The van der Waals surface area contributed by atoms with Gasteiger partial charge in [0.1, 0.15) is 5.75 Å².